The number of hydrogen-bond acceptors (Lipinski definition) is 7. The Morgan fingerprint density at radius 3 is 1.83 bits per heavy atom. The van der Waals surface area contributed by atoms with E-state index in [9.17, 15) is 29.1 Å². The molecule has 10 heteroatoms. The zero-order chi connectivity index (χ0) is 39.4. The van der Waals surface area contributed by atoms with Crippen LogP contribution in [-0.2, 0) is 23.9 Å². The number of unbranched alkanes of at least 4 members (excludes halogenated alkanes) is 11. The number of carbonyl (C=O) groups excluding carboxylic acids is 4. The van der Waals surface area contributed by atoms with Gasteiger partial charge in [0.05, 0.1) is 17.5 Å². The van der Waals surface area contributed by atoms with Gasteiger partial charge < -0.3 is 25.2 Å². The van der Waals surface area contributed by atoms with Crippen LogP contribution in [0.4, 0.5) is 0 Å². The first-order valence-electron chi connectivity index (χ1n) is 20.0. The first-order valence-corrected chi connectivity index (χ1v) is 20.0. The maximum absolute atomic E-state index is 13.7. The number of carbonyl (C=O) groups is 5. The molecule has 0 spiro atoms. The van der Waals surface area contributed by atoms with Gasteiger partial charge in [-0.1, -0.05) is 121 Å². The van der Waals surface area contributed by atoms with Crippen LogP contribution in [0.5, 0.6) is 0 Å². The van der Waals surface area contributed by atoms with Crippen molar-refractivity contribution in [3.05, 3.63) is 83.9 Å². The average molecular weight is 749 g/mol. The van der Waals surface area contributed by atoms with Crippen molar-refractivity contribution in [2.75, 3.05) is 13.2 Å². The molecule has 2 aromatic rings. The number of aliphatic carboxylic acids is 1. The number of amides is 2. The van der Waals surface area contributed by atoms with Gasteiger partial charge in [0.25, 0.3) is 5.91 Å². The Balaban J connectivity index is 1.80. The van der Waals surface area contributed by atoms with Crippen molar-refractivity contribution < 1.29 is 38.6 Å². The topological polar surface area (TPSA) is 148 Å². The van der Waals surface area contributed by atoms with Crippen molar-refractivity contribution in [3.8, 4) is 0 Å². The van der Waals surface area contributed by atoms with E-state index in [4.69, 9.17) is 9.47 Å². The van der Waals surface area contributed by atoms with Crippen molar-refractivity contribution in [2.45, 2.75) is 142 Å². The first-order chi connectivity index (χ1) is 26.0. The molecule has 298 valence electrons. The fraction of sp³-hybridized carbons (Fsp3) is 0.568. The fourth-order valence-electron chi connectivity index (χ4n) is 6.04. The molecule has 0 radical (unpaired) electrons. The molecular weight excluding hydrogens is 684 g/mol. The predicted octanol–water partition coefficient (Wildman–Crippen LogP) is 8.99. The van der Waals surface area contributed by atoms with Gasteiger partial charge in [-0.3, -0.25) is 14.4 Å². The highest BCUT2D eigenvalue weighted by Crippen LogP contribution is 2.27. The molecule has 0 saturated carbocycles. The molecule has 2 amide bonds. The maximum atomic E-state index is 13.7. The number of carboxylic acids is 1. The molecule has 2 aromatic carbocycles. The lowest BCUT2D eigenvalue weighted by Gasteiger charge is -2.33. The van der Waals surface area contributed by atoms with Crippen LogP contribution in [0.15, 0.2) is 72.8 Å². The lowest BCUT2D eigenvalue weighted by Crippen LogP contribution is -2.51. The molecule has 3 N–H and O–H groups in total. The van der Waals surface area contributed by atoms with Crippen LogP contribution in [0.25, 0.3) is 0 Å². The van der Waals surface area contributed by atoms with Crippen LogP contribution in [0.1, 0.15) is 151 Å². The quantitative estimate of drug-likeness (QED) is 0.0424. The summed E-state index contributed by atoms with van der Waals surface area (Å²) in [6.07, 6.45) is 19.5. The summed E-state index contributed by atoms with van der Waals surface area (Å²) < 4.78 is 11.2. The van der Waals surface area contributed by atoms with Gasteiger partial charge in [0.15, 0.2) is 6.10 Å². The van der Waals surface area contributed by atoms with Gasteiger partial charge in [-0.25, -0.2) is 9.59 Å². The van der Waals surface area contributed by atoms with Gasteiger partial charge >= 0.3 is 17.9 Å². The first kappa shape index (κ1) is 45.7. The van der Waals surface area contributed by atoms with Crippen LogP contribution in [0.3, 0.4) is 0 Å². The molecule has 0 aliphatic heterocycles. The van der Waals surface area contributed by atoms with Gasteiger partial charge in [0.2, 0.25) is 5.91 Å². The Morgan fingerprint density at radius 2 is 1.26 bits per heavy atom. The van der Waals surface area contributed by atoms with Gasteiger partial charge in [-0.05, 0) is 69.2 Å². The standard InChI is InChI=1S/C44H64N2O8/c1-4-5-6-7-8-9-10-11-12-13-14-15-16-17-24-31-38(47)45-32-25-30-37(33-39(48)49)46-41(50)40(54-43(52)36-28-22-19-23-29-36)44(2,3)34-53-42(51)35-26-20-18-21-27-35/h11-12,18-23,26-29,37,40H,4-10,13-17,24-25,30-34H2,1-3H3,(H,45,47)(H,46,50)(H,48,49)/b12-11-. The van der Waals surface area contributed by atoms with Crippen LogP contribution in [0.2, 0.25) is 0 Å². The van der Waals surface area contributed by atoms with E-state index in [1.165, 1.54) is 51.4 Å². The summed E-state index contributed by atoms with van der Waals surface area (Å²) in [6, 6.07) is 15.8. The Kier molecular flexibility index (Phi) is 23.0. The molecule has 0 aromatic heterocycles. The van der Waals surface area contributed by atoms with Crippen molar-refractivity contribution in [3.63, 3.8) is 0 Å². The van der Waals surface area contributed by atoms with E-state index in [0.29, 0.717) is 24.9 Å². The third-order valence-electron chi connectivity index (χ3n) is 9.25. The van der Waals surface area contributed by atoms with E-state index in [1.54, 1.807) is 74.5 Å². The number of benzene rings is 2. The SMILES string of the molecule is CCCCCCCC/C=C\CCCCCCCC(=O)NCCCC(CC(=O)O)NC(=O)C(OC(=O)c1ccccc1)C(C)(C)COC(=O)c1ccccc1. The summed E-state index contributed by atoms with van der Waals surface area (Å²) in [4.78, 5) is 63.6. The van der Waals surface area contributed by atoms with E-state index in [-0.39, 0.29) is 30.9 Å². The van der Waals surface area contributed by atoms with Crippen molar-refractivity contribution in [1.29, 1.82) is 0 Å². The number of ether oxygens (including phenoxy) is 2. The Hall–Kier alpha value is -4.47. The monoisotopic (exact) mass is 748 g/mol. The van der Waals surface area contributed by atoms with Crippen LogP contribution in [-0.4, -0.2) is 60.1 Å². The van der Waals surface area contributed by atoms with Crippen molar-refractivity contribution in [2.24, 2.45) is 5.41 Å². The van der Waals surface area contributed by atoms with Gasteiger partial charge in [0, 0.05) is 24.4 Å². The minimum atomic E-state index is -1.42. The molecule has 0 bridgehead atoms. The minimum Gasteiger partial charge on any atom is -0.481 e. The highest BCUT2D eigenvalue weighted by Gasteiger charge is 2.41. The van der Waals surface area contributed by atoms with Crippen molar-refractivity contribution in [1.82, 2.24) is 10.6 Å². The molecule has 0 heterocycles. The predicted molar refractivity (Wildman–Crippen MR) is 212 cm³/mol. The zero-order valence-electron chi connectivity index (χ0n) is 32.8. The maximum Gasteiger partial charge on any atom is 0.338 e. The highest BCUT2D eigenvalue weighted by molar-refractivity contribution is 5.93. The van der Waals surface area contributed by atoms with Gasteiger partial charge in [0.1, 0.15) is 6.61 Å². The number of rotatable bonds is 29. The second kappa shape index (κ2) is 27.2. The molecule has 2 atom stereocenters. The molecular formula is C44H64N2O8. The van der Waals surface area contributed by atoms with Crippen molar-refractivity contribution >= 4 is 29.7 Å². The van der Waals surface area contributed by atoms with E-state index in [0.717, 1.165) is 32.1 Å². The zero-order valence-corrected chi connectivity index (χ0v) is 32.8. The number of esters is 2. The Bertz CT molecular complexity index is 1410. The van der Waals surface area contributed by atoms with Gasteiger partial charge in [-0.15, -0.1) is 0 Å². The van der Waals surface area contributed by atoms with Crippen LogP contribution >= 0.6 is 0 Å². The summed E-state index contributed by atoms with van der Waals surface area (Å²) in [5.74, 6) is -3.21. The molecule has 0 aliphatic carbocycles. The fourth-order valence-corrected chi connectivity index (χ4v) is 6.04. The molecule has 0 saturated heterocycles. The molecule has 2 rings (SSSR count). The van der Waals surface area contributed by atoms with E-state index in [2.05, 4.69) is 29.7 Å². The molecule has 0 aliphatic rings. The smallest absolute Gasteiger partial charge is 0.338 e. The molecule has 54 heavy (non-hydrogen) atoms. The third-order valence-corrected chi connectivity index (χ3v) is 9.25. The summed E-state index contributed by atoms with van der Waals surface area (Å²) >= 11 is 0. The number of allylic oxidation sites excluding steroid dienone is 2. The van der Waals surface area contributed by atoms with E-state index < -0.39 is 41.4 Å². The number of hydrogen-bond donors (Lipinski definition) is 3. The van der Waals surface area contributed by atoms with E-state index >= 15 is 0 Å². The number of carboxylic acid groups (broad SMARTS) is 1. The molecule has 10 nitrogen and oxygen atoms in total. The lowest BCUT2D eigenvalue weighted by molar-refractivity contribution is -0.141. The summed E-state index contributed by atoms with van der Waals surface area (Å²) in [6.45, 7) is 5.58. The summed E-state index contributed by atoms with van der Waals surface area (Å²) in [7, 11) is 0. The number of nitrogens with one attached hydrogen (secondary N) is 2. The lowest BCUT2D eigenvalue weighted by atomic mass is 9.86. The second-order valence-corrected chi connectivity index (χ2v) is 14.7. The minimum absolute atomic E-state index is 0.0499. The molecule has 2 unspecified atom stereocenters. The molecule has 0 fully saturated rings. The van der Waals surface area contributed by atoms with Crippen LogP contribution in [0, 0.1) is 5.41 Å². The highest BCUT2D eigenvalue weighted by atomic mass is 16.6. The van der Waals surface area contributed by atoms with Crippen LogP contribution < -0.4 is 10.6 Å². The largest absolute Gasteiger partial charge is 0.481 e. The Labute approximate surface area is 322 Å². The normalized spacial score (nSPS) is 12.5. The summed E-state index contributed by atoms with van der Waals surface area (Å²) in [5.41, 5.74) is -0.631. The van der Waals surface area contributed by atoms with E-state index in [1.807, 2.05) is 0 Å². The summed E-state index contributed by atoms with van der Waals surface area (Å²) in [5, 5.41) is 15.2. The third kappa shape index (κ3) is 20.1. The second-order valence-electron chi connectivity index (χ2n) is 14.7. The Morgan fingerprint density at radius 1 is 0.722 bits per heavy atom. The van der Waals surface area contributed by atoms with Gasteiger partial charge in [-0.2, -0.15) is 0 Å². The average Bonchev–Trinajstić information content (AvgIpc) is 3.16.